The summed E-state index contributed by atoms with van der Waals surface area (Å²) in [5.74, 6) is 0.477. The molecule has 268 valence electrons. The van der Waals surface area contributed by atoms with E-state index in [1.54, 1.807) is 18.1 Å². The van der Waals surface area contributed by atoms with E-state index >= 15 is 0 Å². The first kappa shape index (κ1) is 37.6. The number of carbonyl (C=O) groups is 1. The van der Waals surface area contributed by atoms with E-state index in [0.717, 1.165) is 6.54 Å². The zero-order valence-electron chi connectivity index (χ0n) is 27.5. The molecule has 2 saturated heterocycles. The van der Waals surface area contributed by atoms with Crippen molar-refractivity contribution in [1.82, 2.24) is 20.2 Å². The van der Waals surface area contributed by atoms with Crippen LogP contribution in [-0.2, 0) is 10.9 Å². The smallest absolute Gasteiger partial charge is 0.420 e. The molecule has 18 heteroatoms. The molecule has 2 unspecified atom stereocenters. The first-order valence-corrected chi connectivity index (χ1v) is 17.6. The van der Waals surface area contributed by atoms with E-state index in [4.69, 9.17) is 41.5 Å². The van der Waals surface area contributed by atoms with Gasteiger partial charge in [0.2, 0.25) is 0 Å². The van der Waals surface area contributed by atoms with Gasteiger partial charge in [0, 0.05) is 51.4 Å². The quantitative estimate of drug-likeness (QED) is 0.215. The normalized spacial score (nSPS) is 18.9. The summed E-state index contributed by atoms with van der Waals surface area (Å²) >= 11 is 18.6. The number of ether oxygens (including phenoxy) is 2. The molecule has 0 aliphatic carbocycles. The minimum absolute atomic E-state index is 0.0135. The van der Waals surface area contributed by atoms with Crippen molar-refractivity contribution >= 4 is 95.4 Å². The first-order valence-electron chi connectivity index (χ1n) is 15.3. The fourth-order valence-corrected chi connectivity index (χ4v) is 7.39. The molecule has 2 aliphatic rings. The van der Waals surface area contributed by atoms with Gasteiger partial charge in [0.15, 0.2) is 22.4 Å². The molecule has 4 heterocycles. The number of anilines is 2. The Morgan fingerprint density at radius 3 is 2.06 bits per heavy atom. The average Bonchev–Trinajstić information content (AvgIpc) is 3.62. The minimum Gasteiger partial charge on any atom is -0.493 e. The summed E-state index contributed by atoms with van der Waals surface area (Å²) in [4.78, 5) is 26.6. The maximum Gasteiger partial charge on any atom is 0.420 e. The van der Waals surface area contributed by atoms with Gasteiger partial charge in [-0.3, -0.25) is 0 Å². The highest BCUT2D eigenvalue weighted by molar-refractivity contribution is 9.11. The number of amides is 1. The van der Waals surface area contributed by atoms with Gasteiger partial charge in [-0.25, -0.2) is 4.79 Å². The molecular weight excluding hydrogens is 824 g/mol. The van der Waals surface area contributed by atoms with Gasteiger partial charge < -0.3 is 38.3 Å². The maximum absolute atomic E-state index is 13.2. The highest BCUT2D eigenvalue weighted by Crippen LogP contribution is 2.44. The molecule has 2 atom stereocenters. The SMILES string of the molecule is CC1CNCCN1c1nc2c(C(F)(F)F)c(Cl)cc(Br)c2o1.COc1c(Cl)cc(Br)c2oc(N3CCN(C(=O)OC(C)(C)C)CC3C)nc12. The third kappa shape index (κ3) is 8.13. The summed E-state index contributed by atoms with van der Waals surface area (Å²) in [6.07, 6.45) is -4.90. The van der Waals surface area contributed by atoms with Crippen LogP contribution in [0.5, 0.6) is 5.75 Å². The molecule has 4 aromatic rings. The topological polar surface area (TPSA) is 109 Å². The number of nitrogens with zero attached hydrogens (tertiary/aromatic N) is 5. The summed E-state index contributed by atoms with van der Waals surface area (Å²) in [5.41, 5.74) is -0.559. The van der Waals surface area contributed by atoms with Crippen LogP contribution in [0.25, 0.3) is 22.2 Å². The lowest BCUT2D eigenvalue weighted by molar-refractivity contribution is -0.136. The molecule has 0 saturated carbocycles. The number of fused-ring (bicyclic) bond motifs is 2. The van der Waals surface area contributed by atoms with Crippen LogP contribution in [0, 0.1) is 0 Å². The second-order valence-corrected chi connectivity index (χ2v) is 15.2. The number of piperazine rings is 2. The number of alkyl halides is 3. The van der Waals surface area contributed by atoms with Gasteiger partial charge in [-0.05, 0) is 78.6 Å². The number of hydrogen-bond acceptors (Lipinski definition) is 10. The Hall–Kier alpha value is -2.66. The number of halogens is 7. The predicted molar refractivity (Wildman–Crippen MR) is 189 cm³/mol. The molecule has 2 aromatic heterocycles. The number of oxazole rings is 2. The molecule has 0 radical (unpaired) electrons. The molecule has 1 N–H and O–H groups in total. The Labute approximate surface area is 307 Å². The van der Waals surface area contributed by atoms with Gasteiger partial charge in [0.1, 0.15) is 16.7 Å². The number of aromatic nitrogens is 2. The van der Waals surface area contributed by atoms with Crippen molar-refractivity contribution in [1.29, 1.82) is 0 Å². The lowest BCUT2D eigenvalue weighted by Gasteiger charge is -2.39. The zero-order chi connectivity index (χ0) is 36.0. The minimum atomic E-state index is -4.60. The molecule has 2 fully saturated rings. The molecule has 2 aliphatic heterocycles. The van der Waals surface area contributed by atoms with Gasteiger partial charge in [-0.2, -0.15) is 23.1 Å². The van der Waals surface area contributed by atoms with E-state index in [0.29, 0.717) is 69.6 Å². The van der Waals surface area contributed by atoms with Crippen molar-refractivity contribution in [3.8, 4) is 5.75 Å². The van der Waals surface area contributed by atoms with Crippen molar-refractivity contribution in [3.63, 3.8) is 0 Å². The molecule has 1 amide bonds. The Kier molecular flexibility index (Phi) is 11.1. The van der Waals surface area contributed by atoms with Crippen molar-refractivity contribution in [2.24, 2.45) is 0 Å². The highest BCUT2D eigenvalue weighted by Gasteiger charge is 2.39. The number of rotatable bonds is 3. The Morgan fingerprint density at radius 2 is 1.51 bits per heavy atom. The maximum atomic E-state index is 13.2. The number of methoxy groups -OCH3 is 1. The predicted octanol–water partition coefficient (Wildman–Crippen LogP) is 8.76. The third-order valence-electron chi connectivity index (χ3n) is 7.84. The lowest BCUT2D eigenvalue weighted by atomic mass is 10.2. The number of benzene rings is 2. The van der Waals surface area contributed by atoms with Crippen LogP contribution in [0.2, 0.25) is 10.0 Å². The monoisotopic (exact) mass is 856 g/mol. The third-order valence-corrected chi connectivity index (χ3v) is 9.60. The molecule has 11 nitrogen and oxygen atoms in total. The van der Waals surface area contributed by atoms with Crippen LogP contribution in [0.1, 0.15) is 40.2 Å². The van der Waals surface area contributed by atoms with Gasteiger partial charge >= 0.3 is 12.3 Å². The van der Waals surface area contributed by atoms with E-state index in [1.165, 1.54) is 6.07 Å². The number of carbonyl (C=O) groups excluding carboxylic acids is 1. The van der Waals surface area contributed by atoms with Crippen molar-refractivity contribution in [3.05, 3.63) is 36.7 Å². The Bertz CT molecular complexity index is 1850. The van der Waals surface area contributed by atoms with Gasteiger partial charge in [0.25, 0.3) is 12.0 Å². The summed E-state index contributed by atoms with van der Waals surface area (Å²) in [6, 6.07) is 3.65. The molecular formula is C31H35Br2Cl2F3N6O5. The molecule has 0 spiro atoms. The van der Waals surface area contributed by atoms with E-state index in [1.807, 2.05) is 44.4 Å². The number of nitrogens with one attached hydrogen (secondary N) is 1. The molecule has 2 aromatic carbocycles. The fraction of sp³-hybridized carbons (Fsp3) is 0.516. The van der Waals surface area contributed by atoms with Gasteiger partial charge in [-0.1, -0.05) is 23.2 Å². The summed E-state index contributed by atoms with van der Waals surface area (Å²) < 4.78 is 63.2. The van der Waals surface area contributed by atoms with Crippen LogP contribution in [-0.4, -0.2) is 85.0 Å². The second-order valence-electron chi connectivity index (χ2n) is 12.7. The lowest BCUT2D eigenvalue weighted by Crippen LogP contribution is -2.54. The van der Waals surface area contributed by atoms with Gasteiger partial charge in [0.05, 0.1) is 26.1 Å². The van der Waals surface area contributed by atoms with E-state index in [9.17, 15) is 18.0 Å². The van der Waals surface area contributed by atoms with Crippen LogP contribution >= 0.6 is 55.1 Å². The largest absolute Gasteiger partial charge is 0.493 e. The highest BCUT2D eigenvalue weighted by atomic mass is 79.9. The van der Waals surface area contributed by atoms with Crippen LogP contribution in [0.15, 0.2) is 29.9 Å². The van der Waals surface area contributed by atoms with Crippen LogP contribution in [0.4, 0.5) is 30.0 Å². The molecule has 0 bridgehead atoms. The van der Waals surface area contributed by atoms with Crippen molar-refractivity contribution < 1.29 is 36.3 Å². The molecule has 6 rings (SSSR count). The second kappa shape index (κ2) is 14.5. The van der Waals surface area contributed by atoms with Crippen LogP contribution < -0.4 is 19.9 Å². The first-order chi connectivity index (χ1) is 22.9. The van der Waals surface area contributed by atoms with E-state index in [-0.39, 0.29) is 35.3 Å². The molecule has 49 heavy (non-hydrogen) atoms. The summed E-state index contributed by atoms with van der Waals surface area (Å²) in [6.45, 7) is 13.2. The average molecular weight is 859 g/mol. The standard InChI is InChI=1S/C18H23BrClN3O4.C13H12BrClF3N3O/c1-10-9-22(17(24)27-18(2,3)4)6-7-23(10)16-21-13-14(26-16)11(19)8-12(20)15(13)25-5;1-6-5-19-2-3-21(6)12-20-10-9(13(16,17)18)8(15)4-7(14)11(10)22-12/h8,10H,6-7,9H2,1-5H3;4,6,19H,2-3,5H2,1H3. The van der Waals surface area contributed by atoms with E-state index < -0.39 is 22.4 Å². The van der Waals surface area contributed by atoms with Crippen molar-refractivity contribution in [2.75, 3.05) is 56.2 Å². The van der Waals surface area contributed by atoms with E-state index in [2.05, 4.69) is 47.1 Å². The van der Waals surface area contributed by atoms with Gasteiger partial charge in [-0.15, -0.1) is 0 Å². The summed E-state index contributed by atoms with van der Waals surface area (Å²) in [5, 5.41) is 3.26. The zero-order valence-corrected chi connectivity index (χ0v) is 32.2. The summed E-state index contributed by atoms with van der Waals surface area (Å²) in [7, 11) is 1.55. The fourth-order valence-electron chi connectivity index (χ4n) is 5.55. The van der Waals surface area contributed by atoms with Crippen molar-refractivity contribution in [2.45, 2.75) is 58.5 Å². The number of hydrogen-bond donors (Lipinski definition) is 1. The Balaban J connectivity index is 0.000000195. The Morgan fingerprint density at radius 1 is 0.939 bits per heavy atom. The van der Waals surface area contributed by atoms with Crippen LogP contribution in [0.3, 0.4) is 0 Å².